The molecule has 0 N–H and O–H groups in total. The maximum atomic E-state index is 8.63. The number of hydrogen-bond acceptors (Lipinski definition) is 5. The molecule has 0 aliphatic carbocycles. The van der Waals surface area contributed by atoms with Crippen LogP contribution in [0.25, 0.3) is 0 Å². The highest BCUT2D eigenvalue weighted by Gasteiger charge is 2.19. The van der Waals surface area contributed by atoms with Gasteiger partial charge in [0.25, 0.3) is 0 Å². The SMILES string of the molecule is CN(c1cnc(C#N)cn1)C1CCOCC1. The van der Waals surface area contributed by atoms with E-state index in [0.29, 0.717) is 11.7 Å². The molecule has 0 saturated carbocycles. The minimum absolute atomic E-state index is 0.351. The Hall–Kier alpha value is -1.67. The predicted octanol–water partition coefficient (Wildman–Crippen LogP) is 0.963. The van der Waals surface area contributed by atoms with Gasteiger partial charge in [0.1, 0.15) is 11.9 Å². The van der Waals surface area contributed by atoms with Crippen molar-refractivity contribution in [2.75, 3.05) is 25.2 Å². The molecule has 1 fully saturated rings. The van der Waals surface area contributed by atoms with E-state index < -0.39 is 0 Å². The maximum absolute atomic E-state index is 8.63. The molecule has 0 unspecified atom stereocenters. The average Bonchev–Trinajstić information content (AvgIpc) is 2.39. The van der Waals surface area contributed by atoms with Crippen LogP contribution in [0.15, 0.2) is 12.4 Å². The fourth-order valence-electron chi connectivity index (χ4n) is 1.82. The molecular formula is C11H14N4O. The Morgan fingerprint density at radius 1 is 1.38 bits per heavy atom. The molecule has 1 aliphatic rings. The predicted molar refractivity (Wildman–Crippen MR) is 59.0 cm³/mol. The van der Waals surface area contributed by atoms with E-state index in [1.165, 1.54) is 6.20 Å². The highest BCUT2D eigenvalue weighted by Crippen LogP contribution is 2.18. The average molecular weight is 218 g/mol. The molecule has 2 rings (SSSR count). The second kappa shape index (κ2) is 4.90. The minimum Gasteiger partial charge on any atom is -0.381 e. The second-order valence-electron chi connectivity index (χ2n) is 3.83. The molecule has 0 aromatic carbocycles. The number of nitrogens with zero attached hydrogens (tertiary/aromatic N) is 4. The first-order valence-corrected chi connectivity index (χ1v) is 5.34. The number of aromatic nitrogens is 2. The van der Waals surface area contributed by atoms with Crippen LogP contribution in [0.5, 0.6) is 0 Å². The molecule has 1 aliphatic heterocycles. The summed E-state index contributed by atoms with van der Waals surface area (Å²) in [5.41, 5.74) is 0.351. The van der Waals surface area contributed by atoms with Crippen molar-refractivity contribution in [2.45, 2.75) is 18.9 Å². The van der Waals surface area contributed by atoms with Gasteiger partial charge < -0.3 is 9.64 Å². The lowest BCUT2D eigenvalue weighted by molar-refractivity contribution is 0.0853. The number of rotatable bonds is 2. The zero-order valence-corrected chi connectivity index (χ0v) is 9.26. The fraction of sp³-hybridized carbons (Fsp3) is 0.545. The summed E-state index contributed by atoms with van der Waals surface area (Å²) < 4.78 is 5.32. The van der Waals surface area contributed by atoms with Crippen LogP contribution < -0.4 is 4.90 Å². The molecule has 5 nitrogen and oxygen atoms in total. The van der Waals surface area contributed by atoms with Crippen molar-refractivity contribution in [2.24, 2.45) is 0 Å². The van der Waals surface area contributed by atoms with E-state index in [1.54, 1.807) is 6.20 Å². The van der Waals surface area contributed by atoms with Crippen LogP contribution in [0.2, 0.25) is 0 Å². The Morgan fingerprint density at radius 3 is 2.69 bits per heavy atom. The lowest BCUT2D eigenvalue weighted by atomic mass is 10.1. The summed E-state index contributed by atoms with van der Waals surface area (Å²) in [4.78, 5) is 10.3. The van der Waals surface area contributed by atoms with E-state index in [0.717, 1.165) is 31.9 Å². The van der Waals surface area contributed by atoms with E-state index in [9.17, 15) is 0 Å². The monoisotopic (exact) mass is 218 g/mol. The van der Waals surface area contributed by atoms with Gasteiger partial charge in [0.05, 0.1) is 12.4 Å². The van der Waals surface area contributed by atoms with Crippen molar-refractivity contribution >= 4 is 5.82 Å². The van der Waals surface area contributed by atoms with Gasteiger partial charge in [-0.05, 0) is 12.8 Å². The van der Waals surface area contributed by atoms with Crippen molar-refractivity contribution in [3.8, 4) is 6.07 Å². The molecule has 5 heteroatoms. The highest BCUT2D eigenvalue weighted by atomic mass is 16.5. The molecular weight excluding hydrogens is 204 g/mol. The Kier molecular flexibility index (Phi) is 3.32. The molecule has 0 radical (unpaired) electrons. The molecule has 16 heavy (non-hydrogen) atoms. The second-order valence-corrected chi connectivity index (χ2v) is 3.83. The molecule has 1 aromatic heterocycles. The summed E-state index contributed by atoms with van der Waals surface area (Å²) in [5, 5.41) is 8.63. The molecule has 0 atom stereocenters. The summed E-state index contributed by atoms with van der Waals surface area (Å²) in [5.74, 6) is 0.811. The van der Waals surface area contributed by atoms with Gasteiger partial charge in [-0.15, -0.1) is 0 Å². The van der Waals surface area contributed by atoms with Crippen LogP contribution in [0.4, 0.5) is 5.82 Å². The molecule has 0 bridgehead atoms. The number of nitriles is 1. The van der Waals surface area contributed by atoms with Gasteiger partial charge in [0.15, 0.2) is 5.69 Å². The smallest absolute Gasteiger partial charge is 0.158 e. The Labute approximate surface area is 94.7 Å². The van der Waals surface area contributed by atoms with Crippen LogP contribution in [0, 0.1) is 11.3 Å². The minimum atomic E-state index is 0.351. The summed E-state index contributed by atoms with van der Waals surface area (Å²) in [7, 11) is 2.01. The Bertz CT molecular complexity index is 378. The van der Waals surface area contributed by atoms with E-state index >= 15 is 0 Å². The third-order valence-corrected chi connectivity index (χ3v) is 2.85. The van der Waals surface area contributed by atoms with E-state index in [1.807, 2.05) is 13.1 Å². The normalized spacial score (nSPS) is 16.8. The van der Waals surface area contributed by atoms with E-state index in [4.69, 9.17) is 10.00 Å². The van der Waals surface area contributed by atoms with Crippen molar-refractivity contribution in [1.82, 2.24) is 9.97 Å². The van der Waals surface area contributed by atoms with Crippen molar-refractivity contribution in [3.63, 3.8) is 0 Å². The molecule has 0 amide bonds. The quantitative estimate of drug-likeness (QED) is 0.740. The van der Waals surface area contributed by atoms with Crippen molar-refractivity contribution in [1.29, 1.82) is 5.26 Å². The van der Waals surface area contributed by atoms with Crippen LogP contribution in [-0.4, -0.2) is 36.3 Å². The molecule has 1 saturated heterocycles. The number of hydrogen-bond donors (Lipinski definition) is 0. The van der Waals surface area contributed by atoms with E-state index in [2.05, 4.69) is 14.9 Å². The first-order chi connectivity index (χ1) is 7.81. The summed E-state index contributed by atoms with van der Waals surface area (Å²) in [6.07, 6.45) is 5.18. The maximum Gasteiger partial charge on any atom is 0.158 e. The lowest BCUT2D eigenvalue weighted by Crippen LogP contribution is -2.37. The van der Waals surface area contributed by atoms with Crippen LogP contribution >= 0.6 is 0 Å². The first kappa shape index (κ1) is 10.8. The van der Waals surface area contributed by atoms with Gasteiger partial charge in [0.2, 0.25) is 0 Å². The van der Waals surface area contributed by atoms with E-state index in [-0.39, 0.29) is 0 Å². The van der Waals surface area contributed by atoms with Crippen molar-refractivity contribution in [3.05, 3.63) is 18.1 Å². The number of anilines is 1. The largest absolute Gasteiger partial charge is 0.381 e. The Balaban J connectivity index is 2.07. The van der Waals surface area contributed by atoms with Gasteiger partial charge in [-0.1, -0.05) is 0 Å². The topological polar surface area (TPSA) is 62.0 Å². The zero-order chi connectivity index (χ0) is 11.4. The highest BCUT2D eigenvalue weighted by molar-refractivity contribution is 5.37. The first-order valence-electron chi connectivity index (χ1n) is 5.34. The third kappa shape index (κ3) is 2.28. The van der Waals surface area contributed by atoms with Crippen molar-refractivity contribution < 1.29 is 4.74 Å². The fourth-order valence-corrected chi connectivity index (χ4v) is 1.82. The number of ether oxygens (including phenoxy) is 1. The van der Waals surface area contributed by atoms with Gasteiger partial charge in [-0.25, -0.2) is 9.97 Å². The Morgan fingerprint density at radius 2 is 2.12 bits per heavy atom. The van der Waals surface area contributed by atoms with Gasteiger partial charge in [-0.3, -0.25) is 0 Å². The molecule has 84 valence electrons. The standard InChI is InChI=1S/C11H14N4O/c1-15(10-2-4-16-5-3-10)11-8-13-9(6-12)7-14-11/h7-8,10H,2-5H2,1H3. The summed E-state index contributed by atoms with van der Waals surface area (Å²) in [6.45, 7) is 1.61. The summed E-state index contributed by atoms with van der Waals surface area (Å²) in [6, 6.07) is 2.42. The van der Waals surface area contributed by atoms with Gasteiger partial charge in [0, 0.05) is 26.3 Å². The molecule has 0 spiro atoms. The lowest BCUT2D eigenvalue weighted by Gasteiger charge is -2.31. The molecule has 1 aromatic rings. The van der Waals surface area contributed by atoms with Gasteiger partial charge >= 0.3 is 0 Å². The van der Waals surface area contributed by atoms with Crippen LogP contribution in [0.3, 0.4) is 0 Å². The van der Waals surface area contributed by atoms with Crippen LogP contribution in [0.1, 0.15) is 18.5 Å². The zero-order valence-electron chi connectivity index (χ0n) is 9.26. The molecule has 2 heterocycles. The van der Waals surface area contributed by atoms with Gasteiger partial charge in [-0.2, -0.15) is 5.26 Å². The third-order valence-electron chi connectivity index (χ3n) is 2.85. The van der Waals surface area contributed by atoms with Crippen LogP contribution in [-0.2, 0) is 4.74 Å². The summed E-state index contributed by atoms with van der Waals surface area (Å²) >= 11 is 0.